The van der Waals surface area contributed by atoms with Gasteiger partial charge in [-0.3, -0.25) is 4.98 Å². The smallest absolute Gasteiger partial charge is 0.129 e. The first kappa shape index (κ1) is 12.6. The Balaban J connectivity index is 2.21. The number of thiazole rings is 1. The number of aromatic nitrogens is 1. The number of hydrogen-bond donors (Lipinski definition) is 1. The second kappa shape index (κ2) is 5.64. The summed E-state index contributed by atoms with van der Waals surface area (Å²) in [4.78, 5) is 5.05. The van der Waals surface area contributed by atoms with Crippen molar-refractivity contribution in [1.82, 2.24) is 4.98 Å². The monoisotopic (exact) mass is 262 g/mol. The highest BCUT2D eigenvalue weighted by Gasteiger charge is 2.08. The highest BCUT2D eigenvalue weighted by Crippen LogP contribution is 2.22. The van der Waals surface area contributed by atoms with Crippen LogP contribution in [-0.2, 0) is 6.61 Å². The molecular weight excluding hydrogens is 248 g/mol. The second-order valence-corrected chi connectivity index (χ2v) is 4.91. The predicted molar refractivity (Wildman–Crippen MR) is 71.6 cm³/mol. The summed E-state index contributed by atoms with van der Waals surface area (Å²) in [5.41, 5.74) is 4.22. The molecule has 2 aromatic rings. The van der Waals surface area contributed by atoms with Crippen LogP contribution >= 0.6 is 11.3 Å². The quantitative estimate of drug-likeness (QED) is 0.523. The van der Waals surface area contributed by atoms with Crippen LogP contribution in [0.25, 0.3) is 0 Å². The van der Waals surface area contributed by atoms with E-state index >= 15 is 0 Å². The molecule has 0 aliphatic carbocycles. The van der Waals surface area contributed by atoms with Crippen molar-refractivity contribution in [3.63, 3.8) is 0 Å². The van der Waals surface area contributed by atoms with E-state index in [0.717, 1.165) is 16.0 Å². The largest absolute Gasteiger partial charge is 0.487 e. The van der Waals surface area contributed by atoms with E-state index in [-0.39, 0.29) is 0 Å². The molecule has 1 N–H and O–H groups in total. The van der Waals surface area contributed by atoms with Gasteiger partial charge in [0.2, 0.25) is 0 Å². The number of hydrogen-bond acceptors (Lipinski definition) is 5. The summed E-state index contributed by atoms with van der Waals surface area (Å²) in [5, 5.41) is 12.1. The molecule has 0 saturated heterocycles. The van der Waals surface area contributed by atoms with E-state index in [1.807, 2.05) is 25.1 Å². The molecule has 0 aliphatic heterocycles. The number of rotatable bonds is 4. The molecule has 0 atom stereocenters. The Morgan fingerprint density at radius 1 is 1.50 bits per heavy atom. The van der Waals surface area contributed by atoms with Crippen molar-refractivity contribution in [3.05, 3.63) is 45.9 Å². The van der Waals surface area contributed by atoms with Gasteiger partial charge in [0.05, 0.1) is 16.1 Å². The lowest BCUT2D eigenvalue weighted by molar-refractivity contribution is 0.306. The first-order valence-corrected chi connectivity index (χ1v) is 6.38. The predicted octanol–water partition coefficient (Wildman–Crippen LogP) is 3.23. The fraction of sp³-hybridized carbons (Fsp3) is 0.231. The summed E-state index contributed by atoms with van der Waals surface area (Å²) >= 11 is 1.55. The van der Waals surface area contributed by atoms with Crippen LogP contribution in [0.2, 0.25) is 0 Å². The number of benzene rings is 1. The zero-order valence-corrected chi connectivity index (χ0v) is 11.1. The van der Waals surface area contributed by atoms with Crippen molar-refractivity contribution in [2.75, 3.05) is 0 Å². The molecule has 1 heterocycles. The lowest BCUT2D eigenvalue weighted by Crippen LogP contribution is -2.02. The van der Waals surface area contributed by atoms with E-state index in [1.165, 1.54) is 0 Å². The van der Waals surface area contributed by atoms with Crippen molar-refractivity contribution in [2.45, 2.75) is 20.5 Å². The molecule has 2 rings (SSSR count). The minimum Gasteiger partial charge on any atom is -0.487 e. The summed E-state index contributed by atoms with van der Waals surface area (Å²) < 4.78 is 5.74. The van der Waals surface area contributed by atoms with Crippen LogP contribution in [0, 0.1) is 6.92 Å². The van der Waals surface area contributed by atoms with Crippen molar-refractivity contribution >= 4 is 17.0 Å². The molecular formula is C13H14N2O2S. The van der Waals surface area contributed by atoms with Gasteiger partial charge in [0.25, 0.3) is 0 Å². The third-order valence-corrected chi connectivity index (χ3v) is 3.28. The van der Waals surface area contributed by atoms with Gasteiger partial charge >= 0.3 is 0 Å². The molecule has 1 aromatic carbocycles. The zero-order valence-electron chi connectivity index (χ0n) is 10.3. The Morgan fingerprint density at radius 2 is 2.33 bits per heavy atom. The summed E-state index contributed by atoms with van der Waals surface area (Å²) in [6, 6.07) is 5.80. The first-order chi connectivity index (χ1) is 8.70. The molecule has 4 nitrogen and oxygen atoms in total. The summed E-state index contributed by atoms with van der Waals surface area (Å²) in [6.07, 6.45) is 1.78. The lowest BCUT2D eigenvalue weighted by atomic mass is 10.1. The Labute approximate surface area is 110 Å². The molecule has 18 heavy (non-hydrogen) atoms. The van der Waals surface area contributed by atoms with Gasteiger partial charge < -0.3 is 9.94 Å². The molecule has 1 aromatic heterocycles. The SMILES string of the molecule is C/C(=N/O)c1cc(C)ccc1OCc1cncs1. The third kappa shape index (κ3) is 2.87. The molecule has 0 bridgehead atoms. The van der Waals surface area contributed by atoms with Crippen LogP contribution in [-0.4, -0.2) is 15.9 Å². The molecule has 0 fully saturated rings. The van der Waals surface area contributed by atoms with Gasteiger partial charge in [0, 0.05) is 11.8 Å². The van der Waals surface area contributed by atoms with Crippen molar-refractivity contribution in [1.29, 1.82) is 0 Å². The van der Waals surface area contributed by atoms with E-state index in [0.29, 0.717) is 18.1 Å². The van der Waals surface area contributed by atoms with Crippen molar-refractivity contribution in [3.8, 4) is 5.75 Å². The fourth-order valence-corrected chi connectivity index (χ4v) is 2.07. The van der Waals surface area contributed by atoms with Crippen molar-refractivity contribution in [2.24, 2.45) is 5.16 Å². The molecule has 0 amide bonds. The lowest BCUT2D eigenvalue weighted by Gasteiger charge is -2.10. The Bertz CT molecular complexity index is 550. The van der Waals surface area contributed by atoms with Gasteiger partial charge in [-0.1, -0.05) is 16.8 Å². The average molecular weight is 262 g/mol. The van der Waals surface area contributed by atoms with E-state index < -0.39 is 0 Å². The second-order valence-electron chi connectivity index (χ2n) is 3.94. The van der Waals surface area contributed by atoms with Crippen LogP contribution in [0.1, 0.15) is 22.9 Å². The Morgan fingerprint density at radius 3 is 3.00 bits per heavy atom. The van der Waals surface area contributed by atoms with Gasteiger partial charge in [0.15, 0.2) is 0 Å². The maximum atomic E-state index is 8.88. The van der Waals surface area contributed by atoms with Crippen molar-refractivity contribution < 1.29 is 9.94 Å². The molecule has 5 heteroatoms. The zero-order chi connectivity index (χ0) is 13.0. The number of aryl methyl sites for hydroxylation is 1. The molecule has 0 aliphatic rings. The summed E-state index contributed by atoms with van der Waals surface area (Å²) in [7, 11) is 0. The molecule has 0 saturated carbocycles. The van der Waals surface area contributed by atoms with Gasteiger partial charge in [-0.2, -0.15) is 0 Å². The summed E-state index contributed by atoms with van der Waals surface area (Å²) in [6.45, 7) is 4.20. The average Bonchev–Trinajstić information content (AvgIpc) is 2.89. The van der Waals surface area contributed by atoms with E-state index in [9.17, 15) is 0 Å². The maximum Gasteiger partial charge on any atom is 0.129 e. The van der Waals surface area contributed by atoms with E-state index in [2.05, 4.69) is 10.1 Å². The fourth-order valence-electron chi connectivity index (χ4n) is 1.57. The van der Waals surface area contributed by atoms with E-state index in [4.69, 9.17) is 9.94 Å². The number of oxime groups is 1. The van der Waals surface area contributed by atoms with Crippen LogP contribution < -0.4 is 4.74 Å². The minimum atomic E-state index is 0.472. The number of nitrogens with zero attached hydrogens (tertiary/aromatic N) is 2. The topological polar surface area (TPSA) is 54.7 Å². The van der Waals surface area contributed by atoms with Gasteiger partial charge in [-0.05, 0) is 26.0 Å². The molecule has 0 unspecified atom stereocenters. The molecule has 94 valence electrons. The van der Waals surface area contributed by atoms with Crippen LogP contribution in [0.5, 0.6) is 5.75 Å². The number of ether oxygens (including phenoxy) is 1. The van der Waals surface area contributed by atoms with Gasteiger partial charge in [0.1, 0.15) is 12.4 Å². The van der Waals surface area contributed by atoms with E-state index in [1.54, 1.807) is 30.0 Å². The highest BCUT2D eigenvalue weighted by atomic mass is 32.1. The highest BCUT2D eigenvalue weighted by molar-refractivity contribution is 7.09. The van der Waals surface area contributed by atoms with Crippen LogP contribution in [0.15, 0.2) is 35.1 Å². The maximum absolute atomic E-state index is 8.88. The third-order valence-electron chi connectivity index (χ3n) is 2.53. The normalized spacial score (nSPS) is 11.6. The van der Waals surface area contributed by atoms with Crippen LogP contribution in [0.4, 0.5) is 0 Å². The van der Waals surface area contributed by atoms with Crippen LogP contribution in [0.3, 0.4) is 0 Å². The Hall–Kier alpha value is -1.88. The van der Waals surface area contributed by atoms with Gasteiger partial charge in [-0.15, -0.1) is 11.3 Å². The minimum absolute atomic E-state index is 0.472. The molecule has 0 spiro atoms. The van der Waals surface area contributed by atoms with Gasteiger partial charge in [-0.25, -0.2) is 0 Å². The Kier molecular flexibility index (Phi) is 3.94. The summed E-state index contributed by atoms with van der Waals surface area (Å²) in [5.74, 6) is 0.712. The standard InChI is InChI=1S/C13H14N2O2S/c1-9-3-4-13(12(5-9)10(2)15-16)17-7-11-6-14-8-18-11/h3-6,8,16H,7H2,1-2H3/b15-10-. The molecule has 0 radical (unpaired) electrons. The first-order valence-electron chi connectivity index (χ1n) is 5.50.